The third-order valence-corrected chi connectivity index (χ3v) is 3.27. The molecule has 124 valence electrons. The molecule has 0 atom stereocenters. The summed E-state index contributed by atoms with van der Waals surface area (Å²) in [6.45, 7) is 4.12. The van der Waals surface area contributed by atoms with Crippen molar-refractivity contribution in [3.63, 3.8) is 0 Å². The monoisotopic (exact) mass is 326 g/mol. The average Bonchev–Trinajstić information content (AvgIpc) is 3.03. The second-order valence-electron chi connectivity index (χ2n) is 5.50. The van der Waals surface area contributed by atoms with E-state index in [2.05, 4.69) is 10.5 Å². The SMILES string of the molecule is CC(C)Oc1ccc(C=NNC(=O)c2ccc3c(c2)OCO3)cc1. The van der Waals surface area contributed by atoms with E-state index in [4.69, 9.17) is 14.2 Å². The van der Waals surface area contributed by atoms with E-state index in [0.29, 0.717) is 17.1 Å². The Morgan fingerprint density at radius 1 is 1.17 bits per heavy atom. The maximum absolute atomic E-state index is 12.1. The van der Waals surface area contributed by atoms with Crippen LogP contribution in [0.2, 0.25) is 0 Å². The Bertz CT molecular complexity index is 754. The Kier molecular flexibility index (Phi) is 4.65. The molecule has 1 amide bonds. The van der Waals surface area contributed by atoms with Crippen LogP contribution in [0.1, 0.15) is 29.8 Å². The summed E-state index contributed by atoms with van der Waals surface area (Å²) in [5.74, 6) is 1.68. The molecule has 1 aliphatic rings. The van der Waals surface area contributed by atoms with Gasteiger partial charge in [0.15, 0.2) is 11.5 Å². The molecule has 0 spiro atoms. The predicted octanol–water partition coefficient (Wildman–Crippen LogP) is 2.97. The number of carbonyl (C=O) groups excluding carboxylic acids is 1. The first-order chi connectivity index (χ1) is 11.6. The number of amides is 1. The molecule has 6 heteroatoms. The summed E-state index contributed by atoms with van der Waals surface area (Å²) in [7, 11) is 0. The molecule has 3 rings (SSSR count). The molecule has 0 bridgehead atoms. The number of nitrogens with zero attached hydrogens (tertiary/aromatic N) is 1. The van der Waals surface area contributed by atoms with Gasteiger partial charge in [-0.05, 0) is 61.9 Å². The van der Waals surface area contributed by atoms with Crippen molar-refractivity contribution in [3.8, 4) is 17.2 Å². The van der Waals surface area contributed by atoms with E-state index in [9.17, 15) is 4.79 Å². The molecule has 24 heavy (non-hydrogen) atoms. The third-order valence-electron chi connectivity index (χ3n) is 3.27. The van der Waals surface area contributed by atoms with Crippen LogP contribution in [0.15, 0.2) is 47.6 Å². The lowest BCUT2D eigenvalue weighted by Gasteiger charge is -2.09. The van der Waals surface area contributed by atoms with Crippen LogP contribution in [-0.4, -0.2) is 25.0 Å². The van der Waals surface area contributed by atoms with E-state index in [1.807, 2.05) is 38.1 Å². The molecule has 0 aliphatic carbocycles. The highest BCUT2D eigenvalue weighted by molar-refractivity contribution is 5.95. The van der Waals surface area contributed by atoms with Gasteiger partial charge in [0.05, 0.1) is 12.3 Å². The van der Waals surface area contributed by atoms with Crippen LogP contribution < -0.4 is 19.6 Å². The van der Waals surface area contributed by atoms with Gasteiger partial charge in [0.2, 0.25) is 6.79 Å². The zero-order chi connectivity index (χ0) is 16.9. The van der Waals surface area contributed by atoms with Gasteiger partial charge in [-0.25, -0.2) is 5.43 Å². The normalized spacial score (nSPS) is 12.6. The number of hydrogen-bond donors (Lipinski definition) is 1. The van der Waals surface area contributed by atoms with E-state index < -0.39 is 0 Å². The smallest absolute Gasteiger partial charge is 0.271 e. The highest BCUT2D eigenvalue weighted by Gasteiger charge is 2.15. The Morgan fingerprint density at radius 2 is 1.92 bits per heavy atom. The summed E-state index contributed by atoms with van der Waals surface area (Å²) in [6, 6.07) is 12.5. The number of hydrogen-bond acceptors (Lipinski definition) is 5. The molecule has 0 unspecified atom stereocenters. The number of ether oxygens (including phenoxy) is 3. The lowest BCUT2D eigenvalue weighted by atomic mass is 10.2. The minimum absolute atomic E-state index is 0.130. The molecule has 2 aromatic rings. The predicted molar refractivity (Wildman–Crippen MR) is 89.8 cm³/mol. The van der Waals surface area contributed by atoms with Gasteiger partial charge in [-0.1, -0.05) is 0 Å². The minimum atomic E-state index is -0.315. The van der Waals surface area contributed by atoms with E-state index in [1.165, 1.54) is 0 Å². The fourth-order valence-electron chi connectivity index (χ4n) is 2.17. The van der Waals surface area contributed by atoms with Crippen LogP contribution in [0.5, 0.6) is 17.2 Å². The Hall–Kier alpha value is -3.02. The number of benzene rings is 2. The minimum Gasteiger partial charge on any atom is -0.491 e. The topological polar surface area (TPSA) is 69.2 Å². The highest BCUT2D eigenvalue weighted by atomic mass is 16.7. The van der Waals surface area contributed by atoms with E-state index in [1.54, 1.807) is 24.4 Å². The van der Waals surface area contributed by atoms with Gasteiger partial charge in [0, 0.05) is 5.56 Å². The molecule has 2 aromatic carbocycles. The van der Waals surface area contributed by atoms with E-state index >= 15 is 0 Å². The molecule has 1 heterocycles. The van der Waals surface area contributed by atoms with Crippen molar-refractivity contribution in [2.45, 2.75) is 20.0 Å². The van der Waals surface area contributed by atoms with Crippen LogP contribution in [0, 0.1) is 0 Å². The van der Waals surface area contributed by atoms with E-state index in [0.717, 1.165) is 11.3 Å². The summed E-state index contributed by atoms with van der Waals surface area (Å²) in [4.78, 5) is 12.1. The zero-order valence-corrected chi connectivity index (χ0v) is 13.5. The summed E-state index contributed by atoms with van der Waals surface area (Å²) in [5.41, 5.74) is 3.80. The second kappa shape index (κ2) is 7.04. The van der Waals surface area contributed by atoms with Gasteiger partial charge in [-0.2, -0.15) is 5.10 Å². The van der Waals surface area contributed by atoms with Crippen molar-refractivity contribution >= 4 is 12.1 Å². The van der Waals surface area contributed by atoms with Crippen molar-refractivity contribution in [2.75, 3.05) is 6.79 Å². The van der Waals surface area contributed by atoms with Crippen molar-refractivity contribution in [1.29, 1.82) is 0 Å². The fourth-order valence-corrected chi connectivity index (χ4v) is 2.17. The first kappa shape index (κ1) is 15.9. The first-order valence-corrected chi connectivity index (χ1v) is 7.61. The van der Waals surface area contributed by atoms with Crippen LogP contribution in [0.25, 0.3) is 0 Å². The molecule has 1 aliphatic heterocycles. The Morgan fingerprint density at radius 3 is 2.67 bits per heavy atom. The fraction of sp³-hybridized carbons (Fsp3) is 0.222. The van der Waals surface area contributed by atoms with Crippen LogP contribution >= 0.6 is 0 Å². The van der Waals surface area contributed by atoms with Crippen LogP contribution in [-0.2, 0) is 0 Å². The third kappa shape index (κ3) is 3.84. The van der Waals surface area contributed by atoms with Crippen LogP contribution in [0.3, 0.4) is 0 Å². The lowest BCUT2D eigenvalue weighted by Crippen LogP contribution is -2.17. The van der Waals surface area contributed by atoms with Crippen molar-refractivity contribution in [2.24, 2.45) is 5.10 Å². The largest absolute Gasteiger partial charge is 0.491 e. The van der Waals surface area contributed by atoms with Gasteiger partial charge in [0.1, 0.15) is 5.75 Å². The standard InChI is InChI=1S/C18H18N2O4/c1-12(2)24-15-6-3-13(4-7-15)10-19-20-18(21)14-5-8-16-17(9-14)23-11-22-16/h3-10,12H,11H2,1-2H3,(H,20,21). The van der Waals surface area contributed by atoms with Crippen LogP contribution in [0.4, 0.5) is 0 Å². The maximum Gasteiger partial charge on any atom is 0.271 e. The van der Waals surface area contributed by atoms with Crippen molar-refractivity contribution in [3.05, 3.63) is 53.6 Å². The molecule has 0 saturated heterocycles. The molecular formula is C18H18N2O4. The number of rotatable bonds is 5. The summed E-state index contributed by atoms with van der Waals surface area (Å²) < 4.78 is 16.0. The molecule has 0 aromatic heterocycles. The van der Waals surface area contributed by atoms with Gasteiger partial charge in [-0.3, -0.25) is 4.79 Å². The molecule has 6 nitrogen and oxygen atoms in total. The van der Waals surface area contributed by atoms with Gasteiger partial charge in [-0.15, -0.1) is 0 Å². The molecule has 0 fully saturated rings. The van der Waals surface area contributed by atoms with Crippen molar-refractivity contribution in [1.82, 2.24) is 5.43 Å². The lowest BCUT2D eigenvalue weighted by molar-refractivity contribution is 0.0954. The number of nitrogens with one attached hydrogen (secondary N) is 1. The van der Waals surface area contributed by atoms with Gasteiger partial charge < -0.3 is 14.2 Å². The van der Waals surface area contributed by atoms with E-state index in [-0.39, 0.29) is 18.8 Å². The second-order valence-corrected chi connectivity index (χ2v) is 5.50. The summed E-state index contributed by atoms with van der Waals surface area (Å²) in [6.07, 6.45) is 1.70. The number of fused-ring (bicyclic) bond motifs is 1. The molecule has 0 radical (unpaired) electrons. The molecule has 0 saturated carbocycles. The first-order valence-electron chi connectivity index (χ1n) is 7.61. The summed E-state index contributed by atoms with van der Waals surface area (Å²) >= 11 is 0. The quantitative estimate of drug-likeness (QED) is 0.677. The number of hydrazone groups is 1. The van der Waals surface area contributed by atoms with Crippen molar-refractivity contribution < 1.29 is 19.0 Å². The average molecular weight is 326 g/mol. The summed E-state index contributed by atoms with van der Waals surface area (Å²) in [5, 5.41) is 3.96. The van der Waals surface area contributed by atoms with Gasteiger partial charge >= 0.3 is 0 Å². The highest BCUT2D eigenvalue weighted by Crippen LogP contribution is 2.32. The zero-order valence-electron chi connectivity index (χ0n) is 13.5. The Balaban J connectivity index is 1.58. The molecular weight excluding hydrogens is 308 g/mol. The molecule has 1 N–H and O–H groups in total. The van der Waals surface area contributed by atoms with Gasteiger partial charge in [0.25, 0.3) is 5.91 Å². The Labute approximate surface area is 140 Å². The maximum atomic E-state index is 12.1. The number of carbonyl (C=O) groups is 1.